The molecule has 0 fully saturated rings. The summed E-state index contributed by atoms with van der Waals surface area (Å²) in [5.74, 6) is -0.329. The molecule has 0 bridgehead atoms. The lowest BCUT2D eigenvalue weighted by Gasteiger charge is -2.02. The van der Waals surface area contributed by atoms with E-state index in [-0.39, 0.29) is 5.97 Å². The largest absolute Gasteiger partial charge is 0.465 e. The molecule has 0 amide bonds. The number of carbonyl (C=O) groups excluding carboxylic acids is 1. The number of halogens is 1. The molecule has 0 unspecified atom stereocenters. The average molecular weight is 308 g/mol. The molecule has 0 aliphatic heterocycles. The van der Waals surface area contributed by atoms with E-state index in [0.717, 1.165) is 9.47 Å². The van der Waals surface area contributed by atoms with Crippen molar-refractivity contribution in [3.8, 4) is 0 Å². The van der Waals surface area contributed by atoms with Gasteiger partial charge < -0.3 is 10.1 Å². The minimum absolute atomic E-state index is 0.329. The fraction of sp³-hybridized carbons (Fsp3) is 0.222. The first-order chi connectivity index (χ1) is 7.17. The van der Waals surface area contributed by atoms with Crippen molar-refractivity contribution < 1.29 is 9.53 Å². The van der Waals surface area contributed by atoms with Gasteiger partial charge in [0.1, 0.15) is 4.91 Å². The Bertz CT molecular complexity index is 376. The molecule has 1 heterocycles. The summed E-state index contributed by atoms with van der Waals surface area (Å²) in [5, 5.41) is 4.98. The molecule has 0 aromatic carbocycles. The van der Waals surface area contributed by atoms with E-state index in [1.165, 1.54) is 18.9 Å². The first kappa shape index (κ1) is 12.6. The van der Waals surface area contributed by atoms with Gasteiger partial charge in [-0.05, 0) is 28.3 Å². The zero-order valence-corrected chi connectivity index (χ0v) is 11.5. The monoisotopic (exact) mass is 307 g/mol. The minimum Gasteiger partial charge on any atom is -0.465 e. The fourth-order valence-electron chi connectivity index (χ4n) is 0.836. The maximum Gasteiger partial charge on any atom is 0.345 e. The maximum absolute atomic E-state index is 11.2. The van der Waals surface area contributed by atoms with Gasteiger partial charge in [-0.25, -0.2) is 4.79 Å². The second-order valence-corrected chi connectivity index (χ2v) is 5.63. The smallest absolute Gasteiger partial charge is 0.345 e. The Balaban J connectivity index is 2.66. The highest BCUT2D eigenvalue weighted by atomic mass is 79.9. The van der Waals surface area contributed by atoms with Crippen LogP contribution in [0.2, 0.25) is 0 Å². The Kier molecular flexibility index (Phi) is 5.21. The molecular weight excluding hydrogens is 298 g/mol. The Labute approximate surface area is 105 Å². The van der Waals surface area contributed by atoms with Crippen LogP contribution in [0.15, 0.2) is 26.3 Å². The SMILES string of the molecule is COC(=O)C(=CNc1csc(Br)c1)SC. The molecule has 1 aromatic rings. The van der Waals surface area contributed by atoms with Crippen molar-refractivity contribution in [2.75, 3.05) is 18.7 Å². The molecule has 3 nitrogen and oxygen atoms in total. The summed E-state index contributed by atoms with van der Waals surface area (Å²) in [5.41, 5.74) is 0.947. The number of nitrogens with one attached hydrogen (secondary N) is 1. The van der Waals surface area contributed by atoms with Crippen molar-refractivity contribution >= 4 is 50.7 Å². The molecule has 0 radical (unpaired) electrons. The highest BCUT2D eigenvalue weighted by molar-refractivity contribution is 9.11. The first-order valence-electron chi connectivity index (χ1n) is 4.00. The molecular formula is C9H10BrNO2S2. The Morgan fingerprint density at radius 2 is 2.47 bits per heavy atom. The zero-order valence-electron chi connectivity index (χ0n) is 8.24. The van der Waals surface area contributed by atoms with E-state index in [1.54, 1.807) is 17.5 Å². The standard InChI is InChI=1S/C9H10BrNO2S2/c1-13-9(12)7(14-2)4-11-6-3-8(10)15-5-6/h3-5,11H,1-2H3. The second kappa shape index (κ2) is 6.19. The number of esters is 1. The lowest BCUT2D eigenvalue weighted by molar-refractivity contribution is -0.135. The predicted molar refractivity (Wildman–Crippen MR) is 69.3 cm³/mol. The Morgan fingerprint density at radius 1 is 1.73 bits per heavy atom. The van der Waals surface area contributed by atoms with Gasteiger partial charge in [-0.3, -0.25) is 0 Å². The van der Waals surface area contributed by atoms with Crippen LogP contribution in [0.25, 0.3) is 0 Å². The van der Waals surface area contributed by atoms with Gasteiger partial charge in [0.15, 0.2) is 0 Å². The molecule has 0 saturated heterocycles. The van der Waals surface area contributed by atoms with Crippen LogP contribution in [0.4, 0.5) is 5.69 Å². The molecule has 0 atom stereocenters. The third kappa shape index (κ3) is 3.89. The van der Waals surface area contributed by atoms with Crippen LogP contribution < -0.4 is 5.32 Å². The minimum atomic E-state index is -0.329. The van der Waals surface area contributed by atoms with E-state index < -0.39 is 0 Å². The quantitative estimate of drug-likeness (QED) is 0.684. The number of thioether (sulfide) groups is 1. The molecule has 1 N–H and O–H groups in total. The third-order valence-corrected chi connectivity index (χ3v) is 3.77. The average Bonchev–Trinajstić information content (AvgIpc) is 2.64. The summed E-state index contributed by atoms with van der Waals surface area (Å²) in [6, 6.07) is 1.94. The van der Waals surface area contributed by atoms with Crippen LogP contribution in [0.3, 0.4) is 0 Å². The first-order valence-corrected chi connectivity index (χ1v) is 6.90. The van der Waals surface area contributed by atoms with E-state index in [4.69, 9.17) is 0 Å². The Hall–Kier alpha value is -0.460. The summed E-state index contributed by atoms with van der Waals surface area (Å²) in [6.45, 7) is 0. The molecule has 6 heteroatoms. The van der Waals surface area contributed by atoms with Gasteiger partial charge >= 0.3 is 5.97 Å². The van der Waals surface area contributed by atoms with Gasteiger partial charge in [-0.1, -0.05) is 0 Å². The van der Waals surface area contributed by atoms with E-state index in [1.807, 2.05) is 17.7 Å². The highest BCUT2D eigenvalue weighted by Crippen LogP contribution is 2.25. The number of hydrogen-bond acceptors (Lipinski definition) is 5. The van der Waals surface area contributed by atoms with Crippen LogP contribution in [-0.2, 0) is 9.53 Å². The maximum atomic E-state index is 11.2. The summed E-state index contributed by atoms with van der Waals surface area (Å²) in [7, 11) is 1.37. The summed E-state index contributed by atoms with van der Waals surface area (Å²) >= 11 is 6.28. The van der Waals surface area contributed by atoms with Gasteiger partial charge in [0, 0.05) is 11.6 Å². The van der Waals surface area contributed by atoms with Crippen molar-refractivity contribution in [2.45, 2.75) is 0 Å². The van der Waals surface area contributed by atoms with E-state index in [9.17, 15) is 4.79 Å². The molecule has 0 aliphatic rings. The van der Waals surface area contributed by atoms with E-state index in [0.29, 0.717) is 4.91 Å². The van der Waals surface area contributed by atoms with Crippen LogP contribution >= 0.6 is 39.0 Å². The zero-order chi connectivity index (χ0) is 11.3. The fourth-order valence-corrected chi connectivity index (χ4v) is 2.36. The van der Waals surface area contributed by atoms with Gasteiger partial charge in [-0.15, -0.1) is 23.1 Å². The lowest BCUT2D eigenvalue weighted by atomic mass is 10.5. The van der Waals surface area contributed by atoms with Gasteiger partial charge in [0.2, 0.25) is 0 Å². The third-order valence-electron chi connectivity index (χ3n) is 1.54. The molecule has 0 aliphatic carbocycles. The molecule has 15 heavy (non-hydrogen) atoms. The number of hydrogen-bond donors (Lipinski definition) is 1. The van der Waals surface area contributed by atoms with Crippen molar-refractivity contribution in [1.82, 2.24) is 0 Å². The molecule has 82 valence electrons. The van der Waals surface area contributed by atoms with Gasteiger partial charge in [0.25, 0.3) is 0 Å². The van der Waals surface area contributed by atoms with Crippen LogP contribution in [0.5, 0.6) is 0 Å². The van der Waals surface area contributed by atoms with Crippen LogP contribution in [-0.4, -0.2) is 19.3 Å². The molecule has 0 spiro atoms. The predicted octanol–water partition coefficient (Wildman–Crippen LogP) is 3.30. The number of carbonyl (C=O) groups is 1. The Morgan fingerprint density at radius 3 is 2.93 bits per heavy atom. The normalized spacial score (nSPS) is 11.3. The summed E-state index contributed by atoms with van der Waals surface area (Å²) in [6.07, 6.45) is 3.47. The molecule has 1 aromatic heterocycles. The summed E-state index contributed by atoms with van der Waals surface area (Å²) < 4.78 is 5.67. The van der Waals surface area contributed by atoms with Gasteiger partial charge in [0.05, 0.1) is 16.6 Å². The second-order valence-electron chi connectivity index (χ2n) is 2.49. The van der Waals surface area contributed by atoms with E-state index in [2.05, 4.69) is 26.0 Å². The lowest BCUT2D eigenvalue weighted by Crippen LogP contribution is -2.03. The topological polar surface area (TPSA) is 38.3 Å². The summed E-state index contributed by atoms with van der Waals surface area (Å²) in [4.78, 5) is 11.8. The van der Waals surface area contributed by atoms with Crippen molar-refractivity contribution in [3.63, 3.8) is 0 Å². The van der Waals surface area contributed by atoms with Crippen molar-refractivity contribution in [2.24, 2.45) is 0 Å². The number of methoxy groups -OCH3 is 1. The van der Waals surface area contributed by atoms with Gasteiger partial charge in [-0.2, -0.15) is 0 Å². The van der Waals surface area contributed by atoms with E-state index >= 15 is 0 Å². The number of rotatable bonds is 4. The molecule has 1 rings (SSSR count). The number of anilines is 1. The number of thiophene rings is 1. The molecule has 0 saturated carbocycles. The number of ether oxygens (including phenoxy) is 1. The van der Waals surface area contributed by atoms with Crippen LogP contribution in [0, 0.1) is 0 Å². The van der Waals surface area contributed by atoms with Crippen molar-refractivity contribution in [3.05, 3.63) is 26.3 Å². The van der Waals surface area contributed by atoms with Crippen molar-refractivity contribution in [1.29, 1.82) is 0 Å². The highest BCUT2D eigenvalue weighted by Gasteiger charge is 2.07. The van der Waals surface area contributed by atoms with Crippen LogP contribution in [0.1, 0.15) is 0 Å².